The molecule has 0 saturated carbocycles. The van der Waals surface area contributed by atoms with E-state index < -0.39 is 16.8 Å². The standard InChI is InChI=1S/C9H7FN2O2/c1-6(11-2)8-5-7(12(13)14)3-4-9(8)10/h3-6H,1H3. The zero-order valence-electron chi connectivity index (χ0n) is 7.40. The van der Waals surface area contributed by atoms with E-state index in [0.29, 0.717) is 0 Å². The maximum absolute atomic E-state index is 13.1. The zero-order valence-corrected chi connectivity index (χ0v) is 7.40. The Hall–Kier alpha value is -1.96. The summed E-state index contributed by atoms with van der Waals surface area (Å²) in [5.74, 6) is -0.584. The zero-order chi connectivity index (χ0) is 10.7. The maximum atomic E-state index is 13.1. The summed E-state index contributed by atoms with van der Waals surface area (Å²) >= 11 is 0. The SMILES string of the molecule is [C-]#[N+]C(C)c1cc([N+](=O)[O-])ccc1F. The highest BCUT2D eigenvalue weighted by atomic mass is 19.1. The van der Waals surface area contributed by atoms with Gasteiger partial charge in [0.05, 0.1) is 10.5 Å². The summed E-state index contributed by atoms with van der Waals surface area (Å²) in [7, 11) is 0. The molecular formula is C9H7FN2O2. The van der Waals surface area contributed by atoms with E-state index in [1.165, 1.54) is 6.92 Å². The van der Waals surface area contributed by atoms with E-state index in [9.17, 15) is 14.5 Å². The van der Waals surface area contributed by atoms with Gasteiger partial charge in [0.15, 0.2) is 0 Å². The fraction of sp³-hybridized carbons (Fsp3) is 0.222. The van der Waals surface area contributed by atoms with E-state index in [4.69, 9.17) is 6.57 Å². The van der Waals surface area contributed by atoms with Gasteiger partial charge in [-0.05, 0) is 6.07 Å². The first-order valence-corrected chi connectivity index (χ1v) is 3.86. The number of hydrogen-bond acceptors (Lipinski definition) is 2. The average Bonchev–Trinajstić information content (AvgIpc) is 2.17. The van der Waals surface area contributed by atoms with Crippen molar-refractivity contribution in [2.45, 2.75) is 13.0 Å². The monoisotopic (exact) mass is 194 g/mol. The smallest absolute Gasteiger partial charge is 0.270 e. The fourth-order valence-electron chi connectivity index (χ4n) is 1.03. The summed E-state index contributed by atoms with van der Waals surface area (Å²) < 4.78 is 13.1. The van der Waals surface area contributed by atoms with Crippen LogP contribution in [0.4, 0.5) is 10.1 Å². The summed E-state index contributed by atoms with van der Waals surface area (Å²) in [5.41, 5.74) is -0.133. The van der Waals surface area contributed by atoms with Crippen LogP contribution in [0.25, 0.3) is 4.85 Å². The Bertz CT molecular complexity index is 412. The number of nitro benzene ring substituents is 1. The van der Waals surface area contributed by atoms with Gasteiger partial charge < -0.3 is 4.85 Å². The fourth-order valence-corrected chi connectivity index (χ4v) is 1.03. The first-order valence-electron chi connectivity index (χ1n) is 3.86. The van der Waals surface area contributed by atoms with Crippen LogP contribution < -0.4 is 0 Å². The largest absolute Gasteiger partial charge is 0.309 e. The lowest BCUT2D eigenvalue weighted by Gasteiger charge is -2.00. The summed E-state index contributed by atoms with van der Waals surface area (Å²) in [6.45, 7) is 8.20. The van der Waals surface area contributed by atoms with Gasteiger partial charge in [0.2, 0.25) is 6.04 Å². The molecule has 0 aliphatic rings. The third-order valence-electron chi connectivity index (χ3n) is 1.83. The molecule has 0 aliphatic heterocycles. The molecule has 1 unspecified atom stereocenters. The topological polar surface area (TPSA) is 47.5 Å². The van der Waals surface area contributed by atoms with Gasteiger partial charge in [-0.15, -0.1) is 0 Å². The molecule has 4 nitrogen and oxygen atoms in total. The highest BCUT2D eigenvalue weighted by Gasteiger charge is 2.18. The van der Waals surface area contributed by atoms with Gasteiger partial charge in [-0.3, -0.25) is 10.1 Å². The number of nitro groups is 1. The third kappa shape index (κ3) is 1.85. The molecule has 0 N–H and O–H groups in total. The van der Waals surface area contributed by atoms with Crippen LogP contribution in [-0.4, -0.2) is 4.92 Å². The van der Waals surface area contributed by atoms with Crippen molar-refractivity contribution in [1.29, 1.82) is 0 Å². The minimum atomic E-state index is -0.699. The molecule has 5 heteroatoms. The molecule has 0 fully saturated rings. The Morgan fingerprint density at radius 1 is 1.64 bits per heavy atom. The van der Waals surface area contributed by atoms with Crippen molar-refractivity contribution in [2.75, 3.05) is 0 Å². The lowest BCUT2D eigenvalue weighted by atomic mass is 10.1. The van der Waals surface area contributed by atoms with E-state index in [-0.39, 0.29) is 11.3 Å². The van der Waals surface area contributed by atoms with Gasteiger partial charge in [0.1, 0.15) is 5.82 Å². The van der Waals surface area contributed by atoms with Crippen LogP contribution >= 0.6 is 0 Å². The van der Waals surface area contributed by atoms with Gasteiger partial charge in [0.25, 0.3) is 5.69 Å². The second-order valence-electron chi connectivity index (χ2n) is 2.77. The predicted octanol–water partition coefficient (Wildman–Crippen LogP) is 2.71. The number of hydrogen-bond donors (Lipinski definition) is 0. The first kappa shape index (κ1) is 10.1. The van der Waals surface area contributed by atoms with Crippen molar-refractivity contribution >= 4 is 5.69 Å². The van der Waals surface area contributed by atoms with Crippen molar-refractivity contribution in [3.05, 3.63) is 51.1 Å². The molecule has 14 heavy (non-hydrogen) atoms. The van der Waals surface area contributed by atoms with Gasteiger partial charge in [0, 0.05) is 19.1 Å². The molecule has 0 amide bonds. The van der Waals surface area contributed by atoms with Crippen molar-refractivity contribution in [1.82, 2.24) is 0 Å². The van der Waals surface area contributed by atoms with Crippen molar-refractivity contribution in [2.24, 2.45) is 0 Å². The molecule has 0 bridgehead atoms. The quantitative estimate of drug-likeness (QED) is 0.413. The van der Waals surface area contributed by atoms with Crippen molar-refractivity contribution < 1.29 is 9.31 Å². The minimum Gasteiger partial charge on any atom is -0.309 e. The molecule has 0 heterocycles. The third-order valence-corrected chi connectivity index (χ3v) is 1.83. The lowest BCUT2D eigenvalue weighted by molar-refractivity contribution is -0.385. The predicted molar refractivity (Wildman–Crippen MR) is 48.1 cm³/mol. The second-order valence-corrected chi connectivity index (χ2v) is 2.77. The molecule has 1 aromatic rings. The summed E-state index contributed by atoms with van der Waals surface area (Å²) in [6.07, 6.45) is 0. The number of benzene rings is 1. The Morgan fingerprint density at radius 2 is 2.29 bits per heavy atom. The summed E-state index contributed by atoms with van der Waals surface area (Å²) in [5, 5.41) is 10.4. The van der Waals surface area contributed by atoms with E-state index >= 15 is 0 Å². The Balaban J connectivity index is 3.23. The van der Waals surface area contributed by atoms with E-state index in [1.807, 2.05) is 0 Å². The molecule has 1 aromatic carbocycles. The van der Waals surface area contributed by atoms with Crippen LogP contribution in [0.15, 0.2) is 18.2 Å². The summed E-state index contributed by atoms with van der Waals surface area (Å²) in [4.78, 5) is 12.9. The number of halogens is 1. The van der Waals surface area contributed by atoms with E-state index in [2.05, 4.69) is 4.85 Å². The molecular weight excluding hydrogens is 187 g/mol. The van der Waals surface area contributed by atoms with Gasteiger partial charge in [-0.2, -0.15) is 0 Å². The van der Waals surface area contributed by atoms with Crippen LogP contribution in [0, 0.1) is 22.5 Å². The van der Waals surface area contributed by atoms with Crippen LogP contribution in [0.2, 0.25) is 0 Å². The number of non-ortho nitro benzene ring substituents is 1. The van der Waals surface area contributed by atoms with Crippen molar-refractivity contribution in [3.8, 4) is 0 Å². The Kier molecular flexibility index (Phi) is 2.77. The maximum Gasteiger partial charge on any atom is 0.270 e. The lowest BCUT2D eigenvalue weighted by Crippen LogP contribution is -1.95. The molecule has 1 rings (SSSR count). The van der Waals surface area contributed by atoms with Gasteiger partial charge in [-0.1, -0.05) is 0 Å². The average molecular weight is 194 g/mol. The molecule has 1 atom stereocenters. The van der Waals surface area contributed by atoms with Gasteiger partial charge in [-0.25, -0.2) is 11.0 Å². The van der Waals surface area contributed by atoms with Crippen LogP contribution in [-0.2, 0) is 0 Å². The highest BCUT2D eigenvalue weighted by molar-refractivity contribution is 5.37. The number of rotatable bonds is 2. The Labute approximate surface area is 79.9 Å². The molecule has 0 radical (unpaired) electrons. The molecule has 72 valence electrons. The summed E-state index contributed by atoms with van der Waals surface area (Å²) in [6, 6.07) is 2.48. The molecule has 0 aromatic heterocycles. The van der Waals surface area contributed by atoms with E-state index in [1.54, 1.807) is 0 Å². The normalized spacial score (nSPS) is 11.8. The molecule has 0 spiro atoms. The van der Waals surface area contributed by atoms with Crippen molar-refractivity contribution in [3.63, 3.8) is 0 Å². The van der Waals surface area contributed by atoms with Crippen LogP contribution in [0.5, 0.6) is 0 Å². The second kappa shape index (κ2) is 3.83. The molecule has 0 saturated heterocycles. The van der Waals surface area contributed by atoms with Gasteiger partial charge >= 0.3 is 0 Å². The highest BCUT2D eigenvalue weighted by Crippen LogP contribution is 2.24. The van der Waals surface area contributed by atoms with Crippen LogP contribution in [0.3, 0.4) is 0 Å². The van der Waals surface area contributed by atoms with E-state index in [0.717, 1.165) is 18.2 Å². The minimum absolute atomic E-state index is 0.0641. The first-order chi connectivity index (χ1) is 6.56. The van der Waals surface area contributed by atoms with Crippen LogP contribution in [0.1, 0.15) is 18.5 Å². The molecule has 0 aliphatic carbocycles. The number of nitrogens with zero attached hydrogens (tertiary/aromatic N) is 2. The Morgan fingerprint density at radius 3 is 2.79 bits per heavy atom.